The van der Waals surface area contributed by atoms with Crippen molar-refractivity contribution < 1.29 is 9.53 Å². The minimum atomic E-state index is -0.199. The first kappa shape index (κ1) is 13.2. The number of benzene rings is 1. The predicted octanol–water partition coefficient (Wildman–Crippen LogP) is 2.66. The van der Waals surface area contributed by atoms with Crippen LogP contribution in [0.4, 0.5) is 5.69 Å². The third-order valence-corrected chi connectivity index (χ3v) is 3.06. The van der Waals surface area contributed by atoms with Gasteiger partial charge in [-0.1, -0.05) is 17.7 Å². The van der Waals surface area contributed by atoms with E-state index in [9.17, 15) is 4.79 Å². The fraction of sp³-hybridized carbons (Fsp3) is 0.125. The van der Waals surface area contributed by atoms with E-state index in [1.54, 1.807) is 6.20 Å². The molecule has 0 aliphatic carbocycles. The van der Waals surface area contributed by atoms with Gasteiger partial charge in [-0.15, -0.1) is 0 Å². The fourth-order valence-electron chi connectivity index (χ4n) is 1.97. The number of anilines is 1. The van der Waals surface area contributed by atoms with Crippen molar-refractivity contribution in [3.63, 3.8) is 0 Å². The molecule has 5 nitrogen and oxygen atoms in total. The quantitative estimate of drug-likeness (QED) is 0.800. The number of aromatic nitrogens is 2. The molecule has 0 fully saturated rings. The maximum absolute atomic E-state index is 11.9. The Morgan fingerprint density at radius 3 is 2.86 bits per heavy atom. The number of amides is 1. The highest BCUT2D eigenvalue weighted by molar-refractivity contribution is 5.91. The van der Waals surface area contributed by atoms with Gasteiger partial charge < -0.3 is 14.5 Å². The van der Waals surface area contributed by atoms with Crippen molar-refractivity contribution in [1.82, 2.24) is 9.38 Å². The van der Waals surface area contributed by atoms with Crippen LogP contribution in [0.2, 0.25) is 0 Å². The third-order valence-electron chi connectivity index (χ3n) is 3.06. The zero-order chi connectivity index (χ0) is 14.7. The maximum Gasteiger partial charge on any atom is 0.262 e. The van der Waals surface area contributed by atoms with Crippen LogP contribution in [0.15, 0.2) is 55.0 Å². The molecule has 21 heavy (non-hydrogen) atoms. The lowest BCUT2D eigenvalue weighted by atomic mass is 10.2. The molecule has 0 aliphatic rings. The van der Waals surface area contributed by atoms with Crippen LogP contribution < -0.4 is 10.1 Å². The molecule has 106 valence electrons. The molecule has 0 saturated carbocycles. The minimum absolute atomic E-state index is 0.0228. The van der Waals surface area contributed by atoms with Crippen molar-refractivity contribution in [3.8, 4) is 5.75 Å². The normalized spacial score (nSPS) is 10.5. The van der Waals surface area contributed by atoms with Gasteiger partial charge in [0, 0.05) is 18.6 Å². The molecule has 0 radical (unpaired) electrons. The molecule has 0 unspecified atom stereocenters. The van der Waals surface area contributed by atoms with E-state index in [-0.39, 0.29) is 12.5 Å². The highest BCUT2D eigenvalue weighted by Gasteiger charge is 2.04. The number of nitrogens with one attached hydrogen (secondary N) is 1. The molecule has 3 rings (SSSR count). The van der Waals surface area contributed by atoms with E-state index in [2.05, 4.69) is 10.3 Å². The summed E-state index contributed by atoms with van der Waals surface area (Å²) in [5.74, 6) is 0.482. The Bertz CT molecular complexity index is 763. The van der Waals surface area contributed by atoms with E-state index in [4.69, 9.17) is 4.74 Å². The van der Waals surface area contributed by atoms with Crippen molar-refractivity contribution in [3.05, 3.63) is 60.6 Å². The number of fused-ring (bicyclic) bond motifs is 1. The van der Waals surface area contributed by atoms with Crippen LogP contribution in [0, 0.1) is 6.92 Å². The summed E-state index contributed by atoms with van der Waals surface area (Å²) in [6, 6.07) is 11.2. The predicted molar refractivity (Wildman–Crippen MR) is 80.5 cm³/mol. The van der Waals surface area contributed by atoms with Gasteiger partial charge in [-0.05, 0) is 31.2 Å². The standard InChI is InChI=1S/C16H15N3O2/c1-12-2-5-14(6-3-12)21-11-16(20)18-13-4-7-15-17-8-9-19(15)10-13/h2-10H,11H2,1H3,(H,18,20). The van der Waals surface area contributed by atoms with Crippen LogP contribution in [-0.4, -0.2) is 21.9 Å². The number of carbonyl (C=O) groups is 1. The second-order valence-corrected chi connectivity index (χ2v) is 4.76. The summed E-state index contributed by atoms with van der Waals surface area (Å²) in [7, 11) is 0. The number of hydrogen-bond donors (Lipinski definition) is 1. The van der Waals surface area contributed by atoms with Crippen molar-refractivity contribution in [2.24, 2.45) is 0 Å². The van der Waals surface area contributed by atoms with Gasteiger partial charge in [0.1, 0.15) is 11.4 Å². The number of ether oxygens (including phenoxy) is 1. The fourth-order valence-corrected chi connectivity index (χ4v) is 1.97. The zero-order valence-corrected chi connectivity index (χ0v) is 11.6. The summed E-state index contributed by atoms with van der Waals surface area (Å²) in [5, 5.41) is 2.79. The number of nitrogens with zero attached hydrogens (tertiary/aromatic N) is 2. The molecule has 5 heteroatoms. The summed E-state index contributed by atoms with van der Waals surface area (Å²) in [6.45, 7) is 1.98. The second-order valence-electron chi connectivity index (χ2n) is 4.76. The first-order valence-corrected chi connectivity index (χ1v) is 6.63. The molecular formula is C16H15N3O2. The van der Waals surface area contributed by atoms with Crippen molar-refractivity contribution in [1.29, 1.82) is 0 Å². The van der Waals surface area contributed by atoms with Crippen LogP contribution in [0.5, 0.6) is 5.75 Å². The van der Waals surface area contributed by atoms with Crippen LogP contribution in [-0.2, 0) is 4.79 Å². The maximum atomic E-state index is 11.9. The molecule has 1 amide bonds. The summed E-state index contributed by atoms with van der Waals surface area (Å²) in [4.78, 5) is 16.0. The summed E-state index contributed by atoms with van der Waals surface area (Å²) >= 11 is 0. The Hall–Kier alpha value is -2.82. The van der Waals surface area contributed by atoms with E-state index in [0.717, 1.165) is 11.2 Å². The Morgan fingerprint density at radius 1 is 1.24 bits per heavy atom. The Kier molecular flexibility index (Phi) is 3.55. The average Bonchev–Trinajstić information content (AvgIpc) is 2.94. The molecule has 0 spiro atoms. The second kappa shape index (κ2) is 5.66. The van der Waals surface area contributed by atoms with Gasteiger partial charge in [0.25, 0.3) is 5.91 Å². The summed E-state index contributed by atoms with van der Waals surface area (Å²) in [6.07, 6.45) is 5.35. The topological polar surface area (TPSA) is 55.6 Å². The van der Waals surface area contributed by atoms with Crippen LogP contribution >= 0.6 is 0 Å². The molecule has 2 heterocycles. The molecular weight excluding hydrogens is 266 g/mol. The zero-order valence-electron chi connectivity index (χ0n) is 11.6. The van der Waals surface area contributed by atoms with E-state index in [1.807, 2.05) is 60.1 Å². The highest BCUT2D eigenvalue weighted by Crippen LogP contribution is 2.12. The van der Waals surface area contributed by atoms with Crippen LogP contribution in [0.25, 0.3) is 5.65 Å². The van der Waals surface area contributed by atoms with Crippen molar-refractivity contribution in [2.75, 3.05) is 11.9 Å². The van der Waals surface area contributed by atoms with E-state index in [0.29, 0.717) is 11.4 Å². The number of aryl methyl sites for hydroxylation is 1. The van der Waals surface area contributed by atoms with Gasteiger partial charge in [0.05, 0.1) is 5.69 Å². The number of imidazole rings is 1. The number of pyridine rings is 1. The Balaban J connectivity index is 1.59. The van der Waals surface area contributed by atoms with E-state index >= 15 is 0 Å². The SMILES string of the molecule is Cc1ccc(OCC(=O)Nc2ccc3nccn3c2)cc1. The molecule has 1 aromatic carbocycles. The molecule has 2 aromatic heterocycles. The molecule has 1 N–H and O–H groups in total. The van der Waals surface area contributed by atoms with Crippen LogP contribution in [0.3, 0.4) is 0 Å². The minimum Gasteiger partial charge on any atom is -0.484 e. The van der Waals surface area contributed by atoms with Gasteiger partial charge >= 0.3 is 0 Å². The smallest absolute Gasteiger partial charge is 0.262 e. The molecule has 0 bridgehead atoms. The van der Waals surface area contributed by atoms with Crippen molar-refractivity contribution in [2.45, 2.75) is 6.92 Å². The number of rotatable bonds is 4. The number of carbonyl (C=O) groups excluding carboxylic acids is 1. The first-order chi connectivity index (χ1) is 10.2. The monoisotopic (exact) mass is 281 g/mol. The van der Waals surface area contributed by atoms with Crippen LogP contribution in [0.1, 0.15) is 5.56 Å². The van der Waals surface area contributed by atoms with Gasteiger partial charge in [-0.25, -0.2) is 4.98 Å². The lowest BCUT2D eigenvalue weighted by molar-refractivity contribution is -0.118. The van der Waals surface area contributed by atoms with Gasteiger partial charge in [0.2, 0.25) is 0 Å². The van der Waals surface area contributed by atoms with E-state index < -0.39 is 0 Å². The molecule has 0 aliphatic heterocycles. The van der Waals surface area contributed by atoms with Gasteiger partial charge in [-0.2, -0.15) is 0 Å². The summed E-state index contributed by atoms with van der Waals surface area (Å²) in [5.41, 5.74) is 2.70. The molecule has 3 aromatic rings. The van der Waals surface area contributed by atoms with Gasteiger partial charge in [0.15, 0.2) is 6.61 Å². The first-order valence-electron chi connectivity index (χ1n) is 6.63. The molecule has 0 saturated heterocycles. The largest absolute Gasteiger partial charge is 0.484 e. The highest BCUT2D eigenvalue weighted by atomic mass is 16.5. The Morgan fingerprint density at radius 2 is 2.05 bits per heavy atom. The van der Waals surface area contributed by atoms with Crippen molar-refractivity contribution >= 4 is 17.2 Å². The summed E-state index contributed by atoms with van der Waals surface area (Å²) < 4.78 is 7.28. The molecule has 0 atom stereocenters. The third kappa shape index (κ3) is 3.20. The van der Waals surface area contributed by atoms with E-state index in [1.165, 1.54) is 0 Å². The lowest BCUT2D eigenvalue weighted by Crippen LogP contribution is -2.20. The Labute approximate surface area is 122 Å². The average molecular weight is 281 g/mol. The lowest BCUT2D eigenvalue weighted by Gasteiger charge is -2.08. The number of hydrogen-bond acceptors (Lipinski definition) is 3. The van der Waals surface area contributed by atoms with Gasteiger partial charge in [-0.3, -0.25) is 4.79 Å².